The van der Waals surface area contributed by atoms with Crippen LogP contribution in [0.15, 0.2) is 18.2 Å². The third-order valence-electron chi connectivity index (χ3n) is 4.32. The van der Waals surface area contributed by atoms with Crippen LogP contribution in [-0.2, 0) is 4.79 Å². The second-order valence-corrected chi connectivity index (χ2v) is 6.20. The molecule has 2 heterocycles. The Labute approximate surface area is 151 Å². The minimum absolute atomic E-state index is 0.144. The van der Waals surface area contributed by atoms with Crippen molar-refractivity contribution in [3.05, 3.63) is 29.6 Å². The first-order valence-corrected chi connectivity index (χ1v) is 8.14. The molecule has 3 rings (SSSR count). The van der Waals surface area contributed by atoms with E-state index in [9.17, 15) is 31.9 Å². The molecule has 2 fully saturated rings. The number of hydrogen-bond donors (Lipinski definition) is 1. The van der Waals surface area contributed by atoms with Gasteiger partial charge in [-0.05, 0) is 18.2 Å². The lowest BCUT2D eigenvalue weighted by Gasteiger charge is -2.34. The highest BCUT2D eigenvalue weighted by Crippen LogP contribution is 2.23. The summed E-state index contributed by atoms with van der Waals surface area (Å²) in [6.45, 7) is -1.62. The predicted molar refractivity (Wildman–Crippen MR) is 85.7 cm³/mol. The lowest BCUT2D eigenvalue weighted by atomic mass is 10.1. The Bertz CT molecular complexity index is 783. The van der Waals surface area contributed by atoms with Crippen molar-refractivity contribution < 1.29 is 31.9 Å². The van der Waals surface area contributed by atoms with E-state index in [-0.39, 0.29) is 24.7 Å². The summed E-state index contributed by atoms with van der Waals surface area (Å²) in [6, 6.07) is 3.21. The number of nitrogens with one attached hydrogen (secondary N) is 1. The predicted octanol–water partition coefficient (Wildman–Crippen LogP) is 1.20. The van der Waals surface area contributed by atoms with Gasteiger partial charge in [-0.2, -0.15) is 13.2 Å². The first kappa shape index (κ1) is 18.9. The van der Waals surface area contributed by atoms with Crippen LogP contribution in [0.4, 0.5) is 28.0 Å². The van der Waals surface area contributed by atoms with Crippen LogP contribution in [0.5, 0.6) is 0 Å². The molecule has 0 atom stereocenters. The quantitative estimate of drug-likeness (QED) is 0.791. The number of rotatable bonds is 3. The van der Waals surface area contributed by atoms with E-state index in [4.69, 9.17) is 0 Å². The number of anilines is 1. The van der Waals surface area contributed by atoms with Crippen LogP contribution in [0, 0.1) is 5.82 Å². The largest absolute Gasteiger partial charge is 0.406 e. The summed E-state index contributed by atoms with van der Waals surface area (Å²) in [4.78, 5) is 39.2. The molecular formula is C16H16F4N4O3. The average Bonchev–Trinajstić information content (AvgIpc) is 3.01. The van der Waals surface area contributed by atoms with E-state index in [0.29, 0.717) is 23.7 Å². The molecule has 7 nitrogen and oxygen atoms in total. The van der Waals surface area contributed by atoms with E-state index in [1.807, 2.05) is 0 Å². The van der Waals surface area contributed by atoms with Gasteiger partial charge in [0.05, 0.1) is 5.56 Å². The van der Waals surface area contributed by atoms with Crippen molar-refractivity contribution >= 4 is 23.5 Å². The van der Waals surface area contributed by atoms with Crippen molar-refractivity contribution in [3.63, 3.8) is 0 Å². The SMILES string of the molecule is O=C1CN(C(=O)c2cc(N3CCNC3=O)ccc2F)CCN1CC(F)(F)F. The number of carbonyl (C=O) groups excluding carboxylic acids is 3. The van der Waals surface area contributed by atoms with Crippen LogP contribution in [-0.4, -0.2) is 73.1 Å². The van der Waals surface area contributed by atoms with Crippen molar-refractivity contribution in [1.82, 2.24) is 15.1 Å². The summed E-state index contributed by atoms with van der Waals surface area (Å²) >= 11 is 0. The second kappa shape index (κ2) is 7.05. The number of alkyl halides is 3. The number of carbonyl (C=O) groups is 3. The minimum atomic E-state index is -4.53. The Morgan fingerprint density at radius 3 is 2.48 bits per heavy atom. The molecule has 0 spiro atoms. The summed E-state index contributed by atoms with van der Waals surface area (Å²) in [6.07, 6.45) is -4.53. The highest BCUT2D eigenvalue weighted by molar-refractivity contribution is 6.00. The summed E-state index contributed by atoms with van der Waals surface area (Å²) in [7, 11) is 0. The van der Waals surface area contributed by atoms with Crippen LogP contribution in [0.25, 0.3) is 0 Å². The van der Waals surface area contributed by atoms with E-state index < -0.39 is 36.9 Å². The molecular weight excluding hydrogens is 372 g/mol. The van der Waals surface area contributed by atoms with Gasteiger partial charge in [0.15, 0.2) is 0 Å². The fourth-order valence-electron chi connectivity index (χ4n) is 3.00. The molecule has 1 aromatic carbocycles. The van der Waals surface area contributed by atoms with Crippen LogP contribution < -0.4 is 10.2 Å². The zero-order valence-corrected chi connectivity index (χ0v) is 14.1. The average molecular weight is 388 g/mol. The van der Waals surface area contributed by atoms with Crippen LogP contribution in [0.3, 0.4) is 0 Å². The van der Waals surface area contributed by atoms with Crippen molar-refractivity contribution in [1.29, 1.82) is 0 Å². The molecule has 2 aliphatic rings. The molecule has 0 bridgehead atoms. The molecule has 0 aliphatic carbocycles. The molecule has 11 heteroatoms. The first-order chi connectivity index (χ1) is 12.7. The fourth-order valence-corrected chi connectivity index (χ4v) is 3.00. The van der Waals surface area contributed by atoms with Crippen LogP contribution in [0.1, 0.15) is 10.4 Å². The highest BCUT2D eigenvalue weighted by Gasteiger charge is 2.37. The van der Waals surface area contributed by atoms with Gasteiger partial charge in [0.2, 0.25) is 5.91 Å². The normalized spacial score (nSPS) is 18.1. The molecule has 0 aromatic heterocycles. The van der Waals surface area contributed by atoms with Gasteiger partial charge in [-0.1, -0.05) is 0 Å². The van der Waals surface area contributed by atoms with Gasteiger partial charge in [0.25, 0.3) is 5.91 Å². The Morgan fingerprint density at radius 2 is 1.89 bits per heavy atom. The maximum Gasteiger partial charge on any atom is 0.406 e. The first-order valence-electron chi connectivity index (χ1n) is 8.14. The Hall–Kier alpha value is -2.85. The maximum atomic E-state index is 14.1. The van der Waals surface area contributed by atoms with Gasteiger partial charge < -0.3 is 15.1 Å². The van der Waals surface area contributed by atoms with Crippen molar-refractivity contribution in [2.45, 2.75) is 6.18 Å². The zero-order valence-electron chi connectivity index (χ0n) is 14.1. The number of amides is 4. The Kier molecular flexibility index (Phi) is 4.94. The smallest absolute Gasteiger partial charge is 0.336 e. The lowest BCUT2D eigenvalue weighted by Crippen LogP contribution is -2.54. The Balaban J connectivity index is 1.75. The number of hydrogen-bond acceptors (Lipinski definition) is 3. The summed E-state index contributed by atoms with van der Waals surface area (Å²) in [5.41, 5.74) is -0.0268. The zero-order chi connectivity index (χ0) is 19.8. The summed E-state index contributed by atoms with van der Waals surface area (Å²) in [5, 5.41) is 2.58. The van der Waals surface area contributed by atoms with E-state index in [0.717, 1.165) is 11.0 Å². The molecule has 0 unspecified atom stereocenters. The summed E-state index contributed by atoms with van der Waals surface area (Å²) in [5.74, 6) is -2.51. The van der Waals surface area contributed by atoms with Gasteiger partial charge in [-0.25, -0.2) is 9.18 Å². The number of benzene rings is 1. The van der Waals surface area contributed by atoms with Gasteiger partial charge in [0, 0.05) is 31.9 Å². The lowest BCUT2D eigenvalue weighted by molar-refractivity contribution is -0.164. The molecule has 1 N–H and O–H groups in total. The van der Waals surface area contributed by atoms with Crippen LogP contribution in [0.2, 0.25) is 0 Å². The third-order valence-corrected chi connectivity index (χ3v) is 4.32. The number of piperazine rings is 1. The molecule has 0 saturated carbocycles. The van der Waals surface area contributed by atoms with Gasteiger partial charge >= 0.3 is 12.2 Å². The highest BCUT2D eigenvalue weighted by atomic mass is 19.4. The second-order valence-electron chi connectivity index (χ2n) is 6.20. The van der Waals surface area contributed by atoms with E-state index in [1.165, 1.54) is 17.0 Å². The minimum Gasteiger partial charge on any atom is -0.336 e. The third kappa shape index (κ3) is 4.12. The monoisotopic (exact) mass is 388 g/mol. The van der Waals surface area contributed by atoms with E-state index >= 15 is 0 Å². The molecule has 2 saturated heterocycles. The molecule has 146 valence electrons. The number of halogens is 4. The topological polar surface area (TPSA) is 73.0 Å². The van der Waals surface area contributed by atoms with Crippen molar-refractivity contribution in [3.8, 4) is 0 Å². The standard InChI is InChI=1S/C16H16F4N4O3/c17-12-2-1-10(24-4-3-21-15(24)27)7-11(12)14(26)22-5-6-23(13(25)8-22)9-16(18,19)20/h1-2,7H,3-6,8-9H2,(H,21,27). The van der Waals surface area contributed by atoms with Crippen molar-refractivity contribution in [2.75, 3.05) is 44.2 Å². The molecule has 1 aromatic rings. The van der Waals surface area contributed by atoms with E-state index in [1.54, 1.807) is 0 Å². The van der Waals surface area contributed by atoms with Crippen LogP contribution >= 0.6 is 0 Å². The molecule has 27 heavy (non-hydrogen) atoms. The molecule has 2 aliphatic heterocycles. The molecule has 4 amide bonds. The van der Waals surface area contributed by atoms with Gasteiger partial charge in [-0.3, -0.25) is 14.5 Å². The van der Waals surface area contributed by atoms with Crippen molar-refractivity contribution in [2.24, 2.45) is 0 Å². The molecule has 0 radical (unpaired) electrons. The maximum absolute atomic E-state index is 14.1. The van der Waals surface area contributed by atoms with Gasteiger partial charge in [0.1, 0.15) is 18.9 Å². The number of urea groups is 1. The summed E-state index contributed by atoms with van der Waals surface area (Å²) < 4.78 is 51.5. The van der Waals surface area contributed by atoms with Gasteiger partial charge in [-0.15, -0.1) is 0 Å². The Morgan fingerprint density at radius 1 is 1.15 bits per heavy atom. The number of nitrogens with zero attached hydrogens (tertiary/aromatic N) is 3. The van der Waals surface area contributed by atoms with E-state index in [2.05, 4.69) is 5.32 Å². The fraction of sp³-hybridized carbons (Fsp3) is 0.438.